The summed E-state index contributed by atoms with van der Waals surface area (Å²) in [4.78, 5) is 2.33. The second kappa shape index (κ2) is 2.64. The van der Waals surface area contributed by atoms with Gasteiger partial charge in [-0.3, -0.25) is 0 Å². The number of hydrogen-bond donors (Lipinski definition) is 2. The summed E-state index contributed by atoms with van der Waals surface area (Å²) in [5.41, 5.74) is 8.29. The SMILES string of the molecule is NC1CCN2c3cccc(O)c3CC12. The predicted molar refractivity (Wildman–Crippen MR) is 55.5 cm³/mol. The largest absolute Gasteiger partial charge is 0.508 e. The van der Waals surface area contributed by atoms with Crippen LogP contribution in [0.3, 0.4) is 0 Å². The molecule has 0 radical (unpaired) electrons. The molecule has 0 spiro atoms. The van der Waals surface area contributed by atoms with Crippen molar-refractivity contribution in [2.45, 2.75) is 24.9 Å². The molecule has 1 saturated heterocycles. The number of phenolic OH excluding ortho intramolecular Hbond substituents is 1. The van der Waals surface area contributed by atoms with Crippen LogP contribution in [0.15, 0.2) is 18.2 Å². The monoisotopic (exact) mass is 190 g/mol. The lowest BCUT2D eigenvalue weighted by Gasteiger charge is -2.20. The summed E-state index contributed by atoms with van der Waals surface area (Å²) in [6.45, 7) is 1.03. The fraction of sp³-hybridized carbons (Fsp3) is 0.455. The van der Waals surface area contributed by atoms with Crippen LogP contribution in [-0.4, -0.2) is 23.7 Å². The third kappa shape index (κ3) is 0.904. The van der Waals surface area contributed by atoms with E-state index in [1.165, 1.54) is 5.69 Å². The quantitative estimate of drug-likeness (QED) is 0.637. The Morgan fingerprint density at radius 1 is 1.43 bits per heavy atom. The van der Waals surface area contributed by atoms with Gasteiger partial charge in [-0.2, -0.15) is 0 Å². The lowest BCUT2D eigenvalue weighted by molar-refractivity contribution is 0.467. The van der Waals surface area contributed by atoms with E-state index >= 15 is 0 Å². The molecule has 0 aliphatic carbocycles. The maximum atomic E-state index is 9.71. The number of phenols is 1. The standard InChI is InChI=1S/C11H14N2O/c12-8-4-5-13-9-2-1-3-11(14)7(9)6-10(8)13/h1-3,8,10,14H,4-6,12H2. The summed E-state index contributed by atoms with van der Waals surface area (Å²) < 4.78 is 0. The highest BCUT2D eigenvalue weighted by molar-refractivity contribution is 5.65. The molecule has 2 aliphatic heterocycles. The smallest absolute Gasteiger partial charge is 0.120 e. The molecule has 2 aliphatic rings. The average Bonchev–Trinajstić information content (AvgIpc) is 2.69. The molecule has 3 nitrogen and oxygen atoms in total. The van der Waals surface area contributed by atoms with Crippen LogP contribution in [0.2, 0.25) is 0 Å². The zero-order chi connectivity index (χ0) is 9.71. The summed E-state index contributed by atoms with van der Waals surface area (Å²) in [6, 6.07) is 6.42. The van der Waals surface area contributed by atoms with Crippen LogP contribution in [-0.2, 0) is 6.42 Å². The Kier molecular flexibility index (Phi) is 1.53. The molecule has 14 heavy (non-hydrogen) atoms. The highest BCUT2D eigenvalue weighted by Gasteiger charge is 2.39. The van der Waals surface area contributed by atoms with Crippen LogP contribution < -0.4 is 10.6 Å². The van der Waals surface area contributed by atoms with Crippen LogP contribution in [0, 0.1) is 0 Å². The van der Waals surface area contributed by atoms with Crippen molar-refractivity contribution in [2.75, 3.05) is 11.4 Å². The van der Waals surface area contributed by atoms with Gasteiger partial charge in [0.05, 0.1) is 0 Å². The summed E-state index contributed by atoms with van der Waals surface area (Å²) in [7, 11) is 0. The fourth-order valence-corrected chi connectivity index (χ4v) is 2.69. The van der Waals surface area contributed by atoms with Crippen molar-refractivity contribution in [1.29, 1.82) is 0 Å². The molecule has 3 rings (SSSR count). The van der Waals surface area contributed by atoms with Gasteiger partial charge >= 0.3 is 0 Å². The van der Waals surface area contributed by atoms with Crippen LogP contribution >= 0.6 is 0 Å². The van der Waals surface area contributed by atoms with Gasteiger partial charge in [-0.05, 0) is 25.0 Å². The third-order valence-corrected chi connectivity index (χ3v) is 3.45. The summed E-state index contributed by atoms with van der Waals surface area (Å²) in [5, 5.41) is 9.71. The molecule has 2 heterocycles. The molecule has 0 amide bonds. The number of hydrogen-bond acceptors (Lipinski definition) is 3. The van der Waals surface area contributed by atoms with E-state index in [0.29, 0.717) is 11.8 Å². The first-order chi connectivity index (χ1) is 6.77. The molecule has 1 aromatic carbocycles. The Bertz CT molecular complexity index is 378. The van der Waals surface area contributed by atoms with E-state index in [9.17, 15) is 5.11 Å². The van der Waals surface area contributed by atoms with Crippen LogP contribution in [0.25, 0.3) is 0 Å². The van der Waals surface area contributed by atoms with Gasteiger partial charge in [0.15, 0.2) is 0 Å². The van der Waals surface area contributed by atoms with Crippen molar-refractivity contribution in [3.05, 3.63) is 23.8 Å². The van der Waals surface area contributed by atoms with Crippen molar-refractivity contribution in [3.8, 4) is 5.75 Å². The van der Waals surface area contributed by atoms with E-state index in [0.717, 1.165) is 24.9 Å². The van der Waals surface area contributed by atoms with E-state index in [-0.39, 0.29) is 6.04 Å². The van der Waals surface area contributed by atoms with Crippen molar-refractivity contribution in [2.24, 2.45) is 5.73 Å². The molecule has 2 unspecified atom stereocenters. The highest BCUT2D eigenvalue weighted by atomic mass is 16.3. The Morgan fingerprint density at radius 3 is 3.14 bits per heavy atom. The minimum absolute atomic E-state index is 0.266. The molecule has 3 heteroatoms. The van der Waals surface area contributed by atoms with Crippen molar-refractivity contribution in [1.82, 2.24) is 0 Å². The molecule has 1 aromatic rings. The van der Waals surface area contributed by atoms with E-state index in [2.05, 4.69) is 11.0 Å². The molecule has 0 saturated carbocycles. The van der Waals surface area contributed by atoms with Gasteiger partial charge < -0.3 is 15.7 Å². The van der Waals surface area contributed by atoms with E-state index in [1.807, 2.05) is 6.07 Å². The molecular formula is C11H14N2O. The van der Waals surface area contributed by atoms with Crippen molar-refractivity contribution in [3.63, 3.8) is 0 Å². The molecule has 1 fully saturated rings. The number of nitrogens with zero attached hydrogens (tertiary/aromatic N) is 1. The lowest BCUT2D eigenvalue weighted by atomic mass is 10.0. The van der Waals surface area contributed by atoms with E-state index in [4.69, 9.17) is 5.73 Å². The Hall–Kier alpha value is -1.22. The third-order valence-electron chi connectivity index (χ3n) is 3.45. The number of anilines is 1. The fourth-order valence-electron chi connectivity index (χ4n) is 2.69. The lowest BCUT2D eigenvalue weighted by Crippen LogP contribution is -2.36. The van der Waals surface area contributed by atoms with Crippen LogP contribution in [0.1, 0.15) is 12.0 Å². The normalized spacial score (nSPS) is 29.1. The van der Waals surface area contributed by atoms with Crippen LogP contribution in [0.5, 0.6) is 5.75 Å². The molecular weight excluding hydrogens is 176 g/mol. The highest BCUT2D eigenvalue weighted by Crippen LogP contribution is 2.41. The number of benzene rings is 1. The first-order valence-corrected chi connectivity index (χ1v) is 5.10. The Labute approximate surface area is 83.1 Å². The molecule has 2 atom stereocenters. The van der Waals surface area contributed by atoms with Gasteiger partial charge in [-0.15, -0.1) is 0 Å². The average molecular weight is 190 g/mol. The number of rotatable bonds is 0. The zero-order valence-corrected chi connectivity index (χ0v) is 7.98. The molecule has 3 N–H and O–H groups in total. The van der Waals surface area contributed by atoms with Crippen LogP contribution in [0.4, 0.5) is 5.69 Å². The minimum Gasteiger partial charge on any atom is -0.508 e. The minimum atomic E-state index is 0.266. The van der Waals surface area contributed by atoms with E-state index < -0.39 is 0 Å². The second-order valence-corrected chi connectivity index (χ2v) is 4.19. The number of aromatic hydroxyl groups is 1. The van der Waals surface area contributed by atoms with Crippen molar-refractivity contribution >= 4 is 5.69 Å². The van der Waals surface area contributed by atoms with Gasteiger partial charge in [0.1, 0.15) is 5.75 Å². The zero-order valence-electron chi connectivity index (χ0n) is 7.98. The summed E-state index contributed by atoms with van der Waals surface area (Å²) in [6.07, 6.45) is 1.98. The molecule has 0 aromatic heterocycles. The van der Waals surface area contributed by atoms with E-state index in [1.54, 1.807) is 6.07 Å². The first kappa shape index (κ1) is 8.12. The maximum Gasteiger partial charge on any atom is 0.120 e. The topological polar surface area (TPSA) is 49.5 Å². The molecule has 74 valence electrons. The van der Waals surface area contributed by atoms with Gasteiger partial charge in [0.25, 0.3) is 0 Å². The summed E-state index contributed by atoms with van der Waals surface area (Å²) >= 11 is 0. The maximum absolute atomic E-state index is 9.71. The first-order valence-electron chi connectivity index (χ1n) is 5.10. The molecule has 0 bridgehead atoms. The Morgan fingerprint density at radius 2 is 2.29 bits per heavy atom. The van der Waals surface area contributed by atoms with Gasteiger partial charge in [0.2, 0.25) is 0 Å². The second-order valence-electron chi connectivity index (χ2n) is 4.19. The van der Waals surface area contributed by atoms with Gasteiger partial charge in [-0.25, -0.2) is 0 Å². The Balaban J connectivity index is 2.08. The van der Waals surface area contributed by atoms with Gasteiger partial charge in [-0.1, -0.05) is 6.07 Å². The van der Waals surface area contributed by atoms with Gasteiger partial charge in [0, 0.05) is 29.9 Å². The summed E-state index contributed by atoms with van der Waals surface area (Å²) in [5.74, 6) is 0.420. The predicted octanol–water partition coefficient (Wildman–Crippen LogP) is 0.854. The number of nitrogens with two attached hydrogens (primary N) is 1. The van der Waals surface area contributed by atoms with Crippen molar-refractivity contribution < 1.29 is 5.11 Å². The number of fused-ring (bicyclic) bond motifs is 3.